The average molecular weight is 225 g/mol. The fourth-order valence-electron chi connectivity index (χ4n) is 1.91. The van der Waals surface area contributed by atoms with E-state index in [0.29, 0.717) is 12.2 Å². The van der Waals surface area contributed by atoms with Gasteiger partial charge in [0, 0.05) is 6.42 Å². The van der Waals surface area contributed by atoms with Crippen LogP contribution in [0.15, 0.2) is 12.7 Å². The molecule has 2 heteroatoms. The molecule has 0 rings (SSSR count). The third-order valence-corrected chi connectivity index (χ3v) is 3.32. The van der Waals surface area contributed by atoms with Gasteiger partial charge in [0.25, 0.3) is 0 Å². The number of carbonyl (C=O) groups is 1. The molecule has 0 saturated heterocycles. The van der Waals surface area contributed by atoms with Crippen molar-refractivity contribution in [2.24, 2.45) is 0 Å². The van der Waals surface area contributed by atoms with Gasteiger partial charge in [-0.05, 0) is 33.2 Å². The molecule has 0 aromatic heterocycles. The minimum absolute atomic E-state index is 0.312. The summed E-state index contributed by atoms with van der Waals surface area (Å²) in [5.74, 6) is 0.320. The van der Waals surface area contributed by atoms with Crippen molar-refractivity contribution in [2.75, 3.05) is 7.05 Å². The van der Waals surface area contributed by atoms with E-state index in [1.54, 1.807) is 0 Å². The van der Waals surface area contributed by atoms with E-state index in [0.717, 1.165) is 19.3 Å². The topological polar surface area (TPSA) is 29.1 Å². The van der Waals surface area contributed by atoms with Crippen molar-refractivity contribution in [3.05, 3.63) is 12.7 Å². The van der Waals surface area contributed by atoms with Crippen molar-refractivity contribution in [3.63, 3.8) is 0 Å². The summed E-state index contributed by atoms with van der Waals surface area (Å²) >= 11 is 0. The Bertz CT molecular complexity index is 213. The molecule has 0 aromatic carbocycles. The van der Waals surface area contributed by atoms with Crippen molar-refractivity contribution in [1.29, 1.82) is 0 Å². The first-order chi connectivity index (χ1) is 7.60. The lowest BCUT2D eigenvalue weighted by molar-refractivity contribution is -0.124. The first-order valence-corrected chi connectivity index (χ1v) is 6.43. The van der Waals surface area contributed by atoms with E-state index in [1.165, 1.54) is 19.3 Å². The first kappa shape index (κ1) is 15.4. The summed E-state index contributed by atoms with van der Waals surface area (Å²) < 4.78 is 0. The lowest BCUT2D eigenvalue weighted by Gasteiger charge is -2.27. The highest BCUT2D eigenvalue weighted by Crippen LogP contribution is 2.17. The molecule has 16 heavy (non-hydrogen) atoms. The summed E-state index contributed by atoms with van der Waals surface area (Å²) in [6.07, 6.45) is 9.45. The van der Waals surface area contributed by atoms with Gasteiger partial charge in [-0.25, -0.2) is 0 Å². The van der Waals surface area contributed by atoms with Gasteiger partial charge in [0.05, 0.1) is 5.54 Å². The highest BCUT2D eigenvalue weighted by molar-refractivity contribution is 5.87. The Morgan fingerprint density at radius 1 is 1.31 bits per heavy atom. The lowest BCUT2D eigenvalue weighted by atomic mass is 9.88. The Balaban J connectivity index is 3.78. The number of nitrogens with one attached hydrogen (secondary N) is 1. The van der Waals surface area contributed by atoms with E-state index in [9.17, 15) is 4.79 Å². The maximum Gasteiger partial charge on any atom is 0.152 e. The van der Waals surface area contributed by atoms with E-state index in [4.69, 9.17) is 0 Å². The number of carbonyl (C=O) groups excluding carboxylic acids is 1. The molecule has 0 saturated carbocycles. The summed E-state index contributed by atoms with van der Waals surface area (Å²) in [5.41, 5.74) is -0.312. The number of rotatable bonds is 10. The van der Waals surface area contributed by atoms with Gasteiger partial charge in [-0.1, -0.05) is 32.3 Å². The van der Waals surface area contributed by atoms with Crippen LogP contribution < -0.4 is 5.32 Å². The quantitative estimate of drug-likeness (QED) is 0.455. The van der Waals surface area contributed by atoms with Crippen molar-refractivity contribution >= 4 is 5.78 Å². The maximum absolute atomic E-state index is 11.8. The van der Waals surface area contributed by atoms with Gasteiger partial charge in [0.2, 0.25) is 0 Å². The van der Waals surface area contributed by atoms with Gasteiger partial charge in [0.1, 0.15) is 0 Å². The van der Waals surface area contributed by atoms with Crippen molar-refractivity contribution in [3.8, 4) is 0 Å². The molecule has 0 aromatic rings. The van der Waals surface area contributed by atoms with Gasteiger partial charge in [-0.15, -0.1) is 6.58 Å². The molecule has 1 atom stereocenters. The summed E-state index contributed by atoms with van der Waals surface area (Å²) in [7, 11) is 1.88. The highest BCUT2D eigenvalue weighted by Gasteiger charge is 2.28. The Hall–Kier alpha value is -0.630. The second-order valence-corrected chi connectivity index (χ2v) is 4.60. The molecule has 0 amide bonds. The number of ketones is 1. The van der Waals surface area contributed by atoms with E-state index < -0.39 is 0 Å². The summed E-state index contributed by atoms with van der Waals surface area (Å²) in [6, 6.07) is 0. The van der Waals surface area contributed by atoms with E-state index in [-0.39, 0.29) is 5.54 Å². The Morgan fingerprint density at radius 2 is 1.94 bits per heavy atom. The third kappa shape index (κ3) is 5.45. The number of unbranched alkanes of at least 4 members (excludes halogenated alkanes) is 4. The van der Waals surface area contributed by atoms with Crippen LogP contribution in [0.3, 0.4) is 0 Å². The van der Waals surface area contributed by atoms with Crippen LogP contribution in [0, 0.1) is 0 Å². The predicted molar refractivity (Wildman–Crippen MR) is 70.7 cm³/mol. The monoisotopic (exact) mass is 225 g/mol. The Labute approximate surface area is 101 Å². The SMILES string of the molecule is C=CCCCCCC[C@@](C)(NC)C(=O)CC. The van der Waals surface area contributed by atoms with Gasteiger partial charge >= 0.3 is 0 Å². The second-order valence-electron chi connectivity index (χ2n) is 4.60. The molecule has 0 aliphatic rings. The molecule has 0 spiro atoms. The molecule has 1 N–H and O–H groups in total. The molecular weight excluding hydrogens is 198 g/mol. The maximum atomic E-state index is 11.8. The number of hydrogen-bond acceptors (Lipinski definition) is 2. The number of likely N-dealkylation sites (N-methyl/N-ethyl adjacent to an activating group) is 1. The fourth-order valence-corrected chi connectivity index (χ4v) is 1.91. The summed E-state index contributed by atoms with van der Waals surface area (Å²) in [5, 5.41) is 3.17. The molecule has 0 unspecified atom stereocenters. The zero-order valence-electron chi connectivity index (χ0n) is 11.1. The number of Topliss-reactive ketones (excluding diaryl/α,β-unsaturated/α-hetero) is 1. The zero-order valence-corrected chi connectivity index (χ0v) is 11.1. The van der Waals surface area contributed by atoms with Gasteiger partial charge in [-0.2, -0.15) is 0 Å². The lowest BCUT2D eigenvalue weighted by Crippen LogP contribution is -2.47. The molecule has 2 nitrogen and oxygen atoms in total. The Kier molecular flexibility index (Phi) is 8.18. The van der Waals surface area contributed by atoms with Crippen molar-refractivity contribution in [1.82, 2.24) is 5.32 Å². The molecular formula is C14H27NO. The van der Waals surface area contributed by atoms with Gasteiger partial charge < -0.3 is 5.32 Å². The third-order valence-electron chi connectivity index (χ3n) is 3.32. The molecule has 0 aliphatic heterocycles. The smallest absolute Gasteiger partial charge is 0.152 e. The van der Waals surface area contributed by atoms with Crippen LogP contribution >= 0.6 is 0 Å². The van der Waals surface area contributed by atoms with Crippen LogP contribution in [0.5, 0.6) is 0 Å². The van der Waals surface area contributed by atoms with E-state index in [1.807, 2.05) is 27.0 Å². The molecule has 0 aliphatic carbocycles. The molecule has 0 heterocycles. The average Bonchev–Trinajstić information content (AvgIpc) is 2.32. The second kappa shape index (κ2) is 8.51. The van der Waals surface area contributed by atoms with Crippen LogP contribution in [0.2, 0.25) is 0 Å². The predicted octanol–water partition coefficient (Wildman–Crippen LogP) is 3.47. The normalized spacial score (nSPS) is 14.4. The standard InChI is InChI=1S/C14H27NO/c1-5-7-8-9-10-11-12-14(3,15-4)13(16)6-2/h5,15H,1,6-12H2,2-4H3/t14-/m1/s1. The Morgan fingerprint density at radius 3 is 2.44 bits per heavy atom. The van der Waals surface area contributed by atoms with Crippen LogP contribution in [-0.2, 0) is 4.79 Å². The summed E-state index contributed by atoms with van der Waals surface area (Å²) in [4.78, 5) is 11.8. The van der Waals surface area contributed by atoms with Gasteiger partial charge in [0.15, 0.2) is 5.78 Å². The number of hydrogen-bond donors (Lipinski definition) is 1. The van der Waals surface area contributed by atoms with Crippen LogP contribution in [0.4, 0.5) is 0 Å². The van der Waals surface area contributed by atoms with Crippen LogP contribution in [-0.4, -0.2) is 18.4 Å². The molecule has 94 valence electrons. The fraction of sp³-hybridized carbons (Fsp3) is 0.786. The largest absolute Gasteiger partial charge is 0.308 e. The molecule has 0 bridgehead atoms. The van der Waals surface area contributed by atoms with Crippen molar-refractivity contribution in [2.45, 2.75) is 64.3 Å². The van der Waals surface area contributed by atoms with Crippen molar-refractivity contribution < 1.29 is 4.79 Å². The van der Waals surface area contributed by atoms with Crippen LogP contribution in [0.1, 0.15) is 58.8 Å². The van der Waals surface area contributed by atoms with Gasteiger partial charge in [-0.3, -0.25) is 4.79 Å². The summed E-state index contributed by atoms with van der Waals surface area (Å²) in [6.45, 7) is 7.66. The van der Waals surface area contributed by atoms with E-state index >= 15 is 0 Å². The highest BCUT2D eigenvalue weighted by atomic mass is 16.1. The first-order valence-electron chi connectivity index (χ1n) is 6.43. The zero-order chi connectivity index (χ0) is 12.4. The minimum Gasteiger partial charge on any atom is -0.308 e. The minimum atomic E-state index is -0.312. The molecule has 0 radical (unpaired) electrons. The number of allylic oxidation sites excluding steroid dienone is 1. The molecule has 0 fully saturated rings. The van der Waals surface area contributed by atoms with E-state index in [2.05, 4.69) is 11.9 Å². The van der Waals surface area contributed by atoms with Crippen LogP contribution in [0.25, 0.3) is 0 Å².